The van der Waals surface area contributed by atoms with Gasteiger partial charge in [0.2, 0.25) is 0 Å². The maximum atomic E-state index is 13.8. The lowest BCUT2D eigenvalue weighted by Crippen LogP contribution is -2.38. The van der Waals surface area contributed by atoms with Crippen LogP contribution in [0.2, 0.25) is 0 Å². The molecule has 1 aliphatic heterocycles. The van der Waals surface area contributed by atoms with E-state index in [-0.39, 0.29) is 11.9 Å². The van der Waals surface area contributed by atoms with Crippen LogP contribution in [0.1, 0.15) is 23.2 Å². The Kier molecular flexibility index (Phi) is 3.29. The molecule has 118 valence electrons. The second kappa shape index (κ2) is 5.45. The topological polar surface area (TPSA) is 79.7 Å². The van der Waals surface area contributed by atoms with E-state index in [1.165, 1.54) is 18.5 Å². The van der Waals surface area contributed by atoms with Gasteiger partial charge in [-0.3, -0.25) is 9.48 Å². The summed E-state index contributed by atoms with van der Waals surface area (Å²) in [6, 6.07) is 2.63. The molecule has 0 radical (unpaired) electrons. The van der Waals surface area contributed by atoms with E-state index in [2.05, 4.69) is 20.3 Å². The zero-order valence-electron chi connectivity index (χ0n) is 12.3. The first-order chi connectivity index (χ1) is 11.2. The van der Waals surface area contributed by atoms with Crippen molar-refractivity contribution in [3.63, 3.8) is 0 Å². The van der Waals surface area contributed by atoms with Crippen molar-refractivity contribution in [3.05, 3.63) is 42.2 Å². The number of imidazole rings is 1. The number of likely N-dealkylation sites (tertiary alicyclic amines) is 1. The summed E-state index contributed by atoms with van der Waals surface area (Å²) >= 11 is 0. The summed E-state index contributed by atoms with van der Waals surface area (Å²) in [6.07, 6.45) is 6.67. The first kappa shape index (κ1) is 13.9. The molecule has 1 amide bonds. The van der Waals surface area contributed by atoms with Gasteiger partial charge in [0.1, 0.15) is 11.3 Å². The highest BCUT2D eigenvalue weighted by atomic mass is 19.1. The van der Waals surface area contributed by atoms with Crippen molar-refractivity contribution in [1.82, 2.24) is 29.9 Å². The molecular weight excluding hydrogens is 299 g/mol. The third-order valence-corrected chi connectivity index (χ3v) is 4.23. The predicted molar refractivity (Wildman–Crippen MR) is 80.1 cm³/mol. The summed E-state index contributed by atoms with van der Waals surface area (Å²) < 4.78 is 15.5. The number of nitrogens with one attached hydrogen (secondary N) is 1. The molecule has 2 aromatic heterocycles. The van der Waals surface area contributed by atoms with Crippen molar-refractivity contribution >= 4 is 16.9 Å². The Labute approximate surface area is 131 Å². The Morgan fingerprint density at radius 3 is 3.17 bits per heavy atom. The molecule has 1 N–H and O–H groups in total. The molecule has 0 unspecified atom stereocenters. The number of hydrogen-bond acceptors (Lipinski definition) is 4. The van der Waals surface area contributed by atoms with Crippen LogP contribution in [0.4, 0.5) is 4.39 Å². The van der Waals surface area contributed by atoms with E-state index < -0.39 is 5.82 Å². The molecule has 3 aromatic rings. The molecule has 3 heterocycles. The van der Waals surface area contributed by atoms with E-state index in [1.807, 2.05) is 0 Å². The average molecular weight is 314 g/mol. The Morgan fingerprint density at radius 2 is 2.35 bits per heavy atom. The van der Waals surface area contributed by atoms with Crippen molar-refractivity contribution in [2.24, 2.45) is 0 Å². The smallest absolute Gasteiger partial charge is 0.256 e. The molecule has 1 aromatic carbocycles. The van der Waals surface area contributed by atoms with Gasteiger partial charge in [0, 0.05) is 12.7 Å². The normalized spacial score (nSPS) is 18.0. The van der Waals surface area contributed by atoms with Crippen LogP contribution < -0.4 is 0 Å². The Bertz CT molecular complexity index is 843. The first-order valence-corrected chi connectivity index (χ1v) is 7.50. The number of hydrogen-bond donors (Lipinski definition) is 1. The van der Waals surface area contributed by atoms with Crippen LogP contribution >= 0.6 is 0 Å². The molecule has 7 nitrogen and oxygen atoms in total. The molecule has 0 bridgehead atoms. The number of carbonyl (C=O) groups is 1. The molecule has 0 spiro atoms. The largest absolute Gasteiger partial charge is 0.344 e. The number of H-pyrrole nitrogens is 1. The van der Waals surface area contributed by atoms with Crippen LogP contribution in [0, 0.1) is 5.82 Å². The van der Waals surface area contributed by atoms with Gasteiger partial charge in [-0.15, -0.1) is 5.10 Å². The van der Waals surface area contributed by atoms with E-state index in [4.69, 9.17) is 0 Å². The molecule has 23 heavy (non-hydrogen) atoms. The maximum absolute atomic E-state index is 13.8. The highest BCUT2D eigenvalue weighted by molar-refractivity contribution is 6.05. The number of carbonyl (C=O) groups excluding carboxylic acids is 1. The van der Waals surface area contributed by atoms with Crippen LogP contribution in [0.15, 0.2) is 30.9 Å². The maximum Gasteiger partial charge on any atom is 0.256 e. The lowest BCUT2D eigenvalue weighted by Gasteiger charge is -2.24. The van der Waals surface area contributed by atoms with Gasteiger partial charge in [-0.25, -0.2) is 9.37 Å². The lowest BCUT2D eigenvalue weighted by atomic mass is 10.1. The molecule has 1 atom stereocenters. The summed E-state index contributed by atoms with van der Waals surface area (Å²) in [7, 11) is 0. The van der Waals surface area contributed by atoms with Gasteiger partial charge in [-0.2, -0.15) is 0 Å². The number of benzene rings is 1. The van der Waals surface area contributed by atoms with Gasteiger partial charge in [-0.1, -0.05) is 5.21 Å². The standard InChI is InChI=1S/C15H15FN6O/c16-10-6-12(14-13(7-10)17-9-18-14)15(23)22-4-1-2-11(22)8-21-5-3-19-20-21/h3,5-7,9,11H,1-2,4,8H2,(H,17,18)/t11-/m0/s1. The fraction of sp³-hybridized carbons (Fsp3) is 0.333. The number of halogens is 1. The van der Waals surface area contributed by atoms with Crippen LogP contribution in [0.5, 0.6) is 0 Å². The van der Waals surface area contributed by atoms with Gasteiger partial charge >= 0.3 is 0 Å². The Morgan fingerprint density at radius 1 is 1.43 bits per heavy atom. The monoisotopic (exact) mass is 314 g/mol. The summed E-state index contributed by atoms with van der Waals surface area (Å²) in [5.74, 6) is -0.638. The Hall–Kier alpha value is -2.77. The van der Waals surface area contributed by atoms with Crippen LogP contribution in [-0.4, -0.2) is 48.4 Å². The summed E-state index contributed by atoms with van der Waals surface area (Å²) in [4.78, 5) is 21.7. The number of amides is 1. The zero-order valence-corrected chi connectivity index (χ0v) is 12.3. The van der Waals surface area contributed by atoms with Gasteiger partial charge in [-0.05, 0) is 25.0 Å². The van der Waals surface area contributed by atoms with Crippen molar-refractivity contribution < 1.29 is 9.18 Å². The highest BCUT2D eigenvalue weighted by Gasteiger charge is 2.31. The molecule has 1 saturated heterocycles. The molecule has 8 heteroatoms. The molecular formula is C15H15FN6O. The van der Waals surface area contributed by atoms with E-state index in [0.29, 0.717) is 29.7 Å². The molecule has 1 fully saturated rings. The van der Waals surface area contributed by atoms with E-state index in [9.17, 15) is 9.18 Å². The second-order valence-corrected chi connectivity index (χ2v) is 5.67. The quantitative estimate of drug-likeness (QED) is 0.796. The van der Waals surface area contributed by atoms with Crippen molar-refractivity contribution in [2.75, 3.05) is 6.54 Å². The average Bonchev–Trinajstić information content (AvgIpc) is 3.26. The minimum absolute atomic E-state index is 0.0291. The minimum atomic E-state index is -0.447. The number of rotatable bonds is 3. The summed E-state index contributed by atoms with van der Waals surface area (Å²) in [5, 5.41) is 7.74. The van der Waals surface area contributed by atoms with E-state index in [0.717, 1.165) is 12.8 Å². The predicted octanol–water partition coefficient (Wildman–Crippen LogP) is 1.60. The Balaban J connectivity index is 1.65. The third kappa shape index (κ3) is 2.45. The molecule has 0 saturated carbocycles. The van der Waals surface area contributed by atoms with Crippen molar-refractivity contribution in [3.8, 4) is 0 Å². The number of aromatic amines is 1. The van der Waals surface area contributed by atoms with Crippen LogP contribution in [-0.2, 0) is 6.54 Å². The number of aromatic nitrogens is 5. The number of nitrogens with zero attached hydrogens (tertiary/aromatic N) is 5. The molecule has 0 aliphatic carbocycles. The highest BCUT2D eigenvalue weighted by Crippen LogP contribution is 2.25. The van der Waals surface area contributed by atoms with Gasteiger partial charge in [0.05, 0.1) is 36.2 Å². The second-order valence-electron chi connectivity index (χ2n) is 5.67. The summed E-state index contributed by atoms with van der Waals surface area (Å²) in [5.41, 5.74) is 1.33. The molecule has 4 rings (SSSR count). The van der Waals surface area contributed by atoms with E-state index >= 15 is 0 Å². The fourth-order valence-corrected chi connectivity index (χ4v) is 3.17. The van der Waals surface area contributed by atoms with Crippen molar-refractivity contribution in [1.29, 1.82) is 0 Å². The fourth-order valence-electron chi connectivity index (χ4n) is 3.17. The van der Waals surface area contributed by atoms with Crippen LogP contribution in [0.3, 0.4) is 0 Å². The number of fused-ring (bicyclic) bond motifs is 1. The first-order valence-electron chi connectivity index (χ1n) is 7.50. The third-order valence-electron chi connectivity index (χ3n) is 4.23. The van der Waals surface area contributed by atoms with Crippen LogP contribution in [0.25, 0.3) is 11.0 Å². The molecule has 1 aliphatic rings. The minimum Gasteiger partial charge on any atom is -0.344 e. The van der Waals surface area contributed by atoms with E-state index in [1.54, 1.807) is 22.0 Å². The SMILES string of the molecule is O=C(c1cc(F)cc2[nH]cnc12)N1CCC[C@H]1Cn1ccnn1. The lowest BCUT2D eigenvalue weighted by molar-refractivity contribution is 0.0722. The van der Waals surface area contributed by atoms with Gasteiger partial charge < -0.3 is 9.88 Å². The van der Waals surface area contributed by atoms with Gasteiger partial charge in [0.25, 0.3) is 5.91 Å². The van der Waals surface area contributed by atoms with Gasteiger partial charge in [0.15, 0.2) is 0 Å². The zero-order chi connectivity index (χ0) is 15.8. The van der Waals surface area contributed by atoms with Crippen molar-refractivity contribution in [2.45, 2.75) is 25.4 Å². The summed E-state index contributed by atoms with van der Waals surface area (Å²) in [6.45, 7) is 1.24.